The van der Waals surface area contributed by atoms with Gasteiger partial charge in [0.25, 0.3) is 0 Å². The van der Waals surface area contributed by atoms with E-state index in [1.807, 2.05) is 13.0 Å². The van der Waals surface area contributed by atoms with Crippen LogP contribution in [0.15, 0.2) is 18.7 Å². The molecule has 2 N–H and O–H groups in total. The lowest BCUT2D eigenvalue weighted by Gasteiger charge is -1.99. The summed E-state index contributed by atoms with van der Waals surface area (Å²) in [5.74, 6) is 0.942. The van der Waals surface area contributed by atoms with Crippen molar-refractivity contribution < 1.29 is 0 Å². The van der Waals surface area contributed by atoms with Gasteiger partial charge in [0.2, 0.25) is 5.95 Å². The first kappa shape index (κ1) is 9.22. The molecular formula is C9H8N6S. The molecular weight excluding hydrogens is 224 g/mol. The van der Waals surface area contributed by atoms with E-state index in [2.05, 4.69) is 20.1 Å². The highest BCUT2D eigenvalue weighted by Gasteiger charge is 2.09. The molecule has 0 saturated heterocycles. The van der Waals surface area contributed by atoms with Gasteiger partial charge in [0.1, 0.15) is 17.5 Å². The Labute approximate surface area is 94.8 Å². The maximum Gasteiger partial charge on any atom is 0.239 e. The van der Waals surface area contributed by atoms with Crippen LogP contribution in [0.2, 0.25) is 0 Å². The summed E-state index contributed by atoms with van der Waals surface area (Å²) in [5, 5.41) is 5.01. The van der Waals surface area contributed by atoms with Crippen LogP contribution in [-0.4, -0.2) is 24.7 Å². The molecule has 0 atom stereocenters. The molecule has 0 saturated carbocycles. The van der Waals surface area contributed by atoms with Crippen molar-refractivity contribution in [3.05, 3.63) is 23.6 Å². The van der Waals surface area contributed by atoms with Gasteiger partial charge in [-0.25, -0.2) is 15.0 Å². The molecule has 0 spiro atoms. The van der Waals surface area contributed by atoms with Crippen molar-refractivity contribution in [2.45, 2.75) is 6.92 Å². The molecule has 7 heteroatoms. The zero-order chi connectivity index (χ0) is 11.1. The van der Waals surface area contributed by atoms with Crippen LogP contribution >= 0.6 is 11.3 Å². The summed E-state index contributed by atoms with van der Waals surface area (Å²) >= 11 is 1.62. The number of hydrogen-bond acceptors (Lipinski definition) is 6. The predicted octanol–water partition coefficient (Wildman–Crippen LogP) is 1.16. The maximum atomic E-state index is 5.48. The van der Waals surface area contributed by atoms with Crippen LogP contribution in [0, 0.1) is 6.92 Å². The fourth-order valence-electron chi connectivity index (χ4n) is 1.52. The summed E-state index contributed by atoms with van der Waals surface area (Å²) in [5.41, 5.74) is 5.48. The molecule has 0 radical (unpaired) electrons. The van der Waals surface area contributed by atoms with Crippen molar-refractivity contribution in [3.8, 4) is 5.82 Å². The van der Waals surface area contributed by atoms with E-state index in [0.717, 1.165) is 10.2 Å². The topological polar surface area (TPSA) is 82.5 Å². The van der Waals surface area contributed by atoms with Crippen molar-refractivity contribution in [2.24, 2.45) is 0 Å². The number of rotatable bonds is 1. The SMILES string of the molecule is Cc1cc2c(-n3cnc(N)n3)ncnc2s1. The molecule has 0 unspecified atom stereocenters. The minimum Gasteiger partial charge on any atom is -0.366 e. The second-order valence-electron chi connectivity index (χ2n) is 3.32. The second-order valence-corrected chi connectivity index (χ2v) is 4.56. The lowest BCUT2D eigenvalue weighted by Crippen LogP contribution is -1.99. The summed E-state index contributed by atoms with van der Waals surface area (Å²) in [7, 11) is 0. The van der Waals surface area contributed by atoms with Gasteiger partial charge in [0, 0.05) is 4.88 Å². The molecule has 6 nitrogen and oxygen atoms in total. The van der Waals surface area contributed by atoms with E-state index in [9.17, 15) is 0 Å². The lowest BCUT2D eigenvalue weighted by atomic mass is 10.3. The number of thiophene rings is 1. The molecule has 0 aliphatic carbocycles. The highest BCUT2D eigenvalue weighted by molar-refractivity contribution is 7.18. The highest BCUT2D eigenvalue weighted by Crippen LogP contribution is 2.26. The Morgan fingerprint density at radius 1 is 1.31 bits per heavy atom. The molecule has 3 rings (SSSR count). The maximum absolute atomic E-state index is 5.48. The van der Waals surface area contributed by atoms with Crippen LogP contribution in [0.3, 0.4) is 0 Å². The average Bonchev–Trinajstić information content (AvgIpc) is 2.82. The van der Waals surface area contributed by atoms with Gasteiger partial charge in [-0.15, -0.1) is 16.4 Å². The first-order valence-corrected chi connectivity index (χ1v) is 5.44. The van der Waals surface area contributed by atoms with Gasteiger partial charge >= 0.3 is 0 Å². The normalized spacial score (nSPS) is 11.1. The monoisotopic (exact) mass is 232 g/mol. The van der Waals surface area contributed by atoms with Crippen molar-refractivity contribution in [2.75, 3.05) is 5.73 Å². The molecule has 16 heavy (non-hydrogen) atoms. The molecule has 0 fully saturated rings. The number of fused-ring (bicyclic) bond motifs is 1. The Morgan fingerprint density at radius 3 is 2.94 bits per heavy atom. The number of nitrogens with zero attached hydrogens (tertiary/aromatic N) is 5. The molecule has 3 aromatic heterocycles. The molecule has 0 bridgehead atoms. The highest BCUT2D eigenvalue weighted by atomic mass is 32.1. The van der Waals surface area contributed by atoms with Crippen molar-refractivity contribution in [1.29, 1.82) is 0 Å². The summed E-state index contributed by atoms with van der Waals surface area (Å²) in [4.78, 5) is 14.4. The zero-order valence-electron chi connectivity index (χ0n) is 8.45. The van der Waals surface area contributed by atoms with Gasteiger partial charge in [-0.3, -0.25) is 0 Å². The molecule has 80 valence electrons. The Hall–Kier alpha value is -2.02. The smallest absolute Gasteiger partial charge is 0.239 e. The summed E-state index contributed by atoms with van der Waals surface area (Å²) in [6.45, 7) is 2.03. The fraction of sp³-hybridized carbons (Fsp3) is 0.111. The van der Waals surface area contributed by atoms with Crippen LogP contribution < -0.4 is 5.73 Å². The lowest BCUT2D eigenvalue weighted by molar-refractivity contribution is 0.854. The van der Waals surface area contributed by atoms with E-state index in [4.69, 9.17) is 5.73 Å². The number of anilines is 1. The van der Waals surface area contributed by atoms with Crippen molar-refractivity contribution in [3.63, 3.8) is 0 Å². The summed E-state index contributed by atoms with van der Waals surface area (Å²) in [6.07, 6.45) is 3.07. The van der Waals surface area contributed by atoms with Gasteiger partial charge in [0.05, 0.1) is 5.39 Å². The van der Waals surface area contributed by atoms with Crippen molar-refractivity contribution in [1.82, 2.24) is 24.7 Å². The molecule has 3 heterocycles. The third-order valence-corrected chi connectivity index (χ3v) is 3.12. The van der Waals surface area contributed by atoms with Gasteiger partial charge in [-0.05, 0) is 13.0 Å². The number of hydrogen-bond donors (Lipinski definition) is 1. The minimum absolute atomic E-state index is 0.235. The zero-order valence-corrected chi connectivity index (χ0v) is 9.27. The summed E-state index contributed by atoms with van der Waals surface area (Å²) < 4.78 is 1.56. The quantitative estimate of drug-likeness (QED) is 0.680. The van der Waals surface area contributed by atoms with Crippen LogP contribution in [0.4, 0.5) is 5.95 Å². The minimum atomic E-state index is 0.235. The number of nitrogens with two attached hydrogens (primary N) is 1. The molecule has 0 aliphatic rings. The molecule has 0 aliphatic heterocycles. The molecule has 0 amide bonds. The van der Waals surface area contributed by atoms with Gasteiger partial charge in [-0.2, -0.15) is 4.68 Å². The largest absolute Gasteiger partial charge is 0.366 e. The predicted molar refractivity (Wildman–Crippen MR) is 61.5 cm³/mol. The number of aromatic nitrogens is 5. The van der Waals surface area contributed by atoms with Gasteiger partial charge in [-0.1, -0.05) is 0 Å². The molecule has 0 aromatic carbocycles. The van der Waals surface area contributed by atoms with Crippen LogP contribution in [0.25, 0.3) is 16.0 Å². The Bertz CT molecular complexity index is 655. The Morgan fingerprint density at radius 2 is 2.19 bits per heavy atom. The van der Waals surface area contributed by atoms with Crippen LogP contribution in [0.5, 0.6) is 0 Å². The number of nitrogen functional groups attached to an aromatic ring is 1. The third-order valence-electron chi connectivity index (χ3n) is 2.16. The first-order valence-electron chi connectivity index (χ1n) is 4.63. The van der Waals surface area contributed by atoms with E-state index in [1.165, 1.54) is 11.2 Å². The van der Waals surface area contributed by atoms with E-state index in [0.29, 0.717) is 5.82 Å². The van der Waals surface area contributed by atoms with E-state index in [-0.39, 0.29) is 5.95 Å². The van der Waals surface area contributed by atoms with Crippen molar-refractivity contribution >= 4 is 27.5 Å². The Kier molecular flexibility index (Phi) is 1.87. The fourth-order valence-corrected chi connectivity index (χ4v) is 2.37. The standard InChI is InChI=1S/C9H8N6S/c1-5-2-6-7(11-3-12-8(6)16-5)15-4-13-9(10)14-15/h2-4H,1H3,(H2,10,14). The van der Waals surface area contributed by atoms with Crippen LogP contribution in [0.1, 0.15) is 4.88 Å². The van der Waals surface area contributed by atoms with E-state index < -0.39 is 0 Å². The summed E-state index contributed by atoms with van der Waals surface area (Å²) in [6, 6.07) is 2.03. The second kappa shape index (κ2) is 3.24. The Balaban J connectivity index is 2.30. The van der Waals surface area contributed by atoms with E-state index in [1.54, 1.807) is 22.3 Å². The first-order chi connectivity index (χ1) is 7.74. The third kappa shape index (κ3) is 1.33. The van der Waals surface area contributed by atoms with Gasteiger partial charge in [0.15, 0.2) is 5.82 Å². The average molecular weight is 232 g/mol. The number of aryl methyl sites for hydroxylation is 1. The molecule has 3 aromatic rings. The van der Waals surface area contributed by atoms with E-state index >= 15 is 0 Å². The van der Waals surface area contributed by atoms with Gasteiger partial charge < -0.3 is 5.73 Å². The van der Waals surface area contributed by atoms with Crippen LogP contribution in [-0.2, 0) is 0 Å².